The first kappa shape index (κ1) is 23.4. The van der Waals surface area contributed by atoms with E-state index in [1.54, 1.807) is 0 Å². The maximum Gasteiger partial charge on any atom is 0.256 e. The first-order valence-corrected chi connectivity index (χ1v) is 12.9. The second kappa shape index (κ2) is 10.1. The van der Waals surface area contributed by atoms with Crippen molar-refractivity contribution in [2.24, 2.45) is 10.9 Å². The predicted octanol–water partition coefficient (Wildman–Crippen LogP) is 5.80. The molecule has 2 aliphatic rings. The summed E-state index contributed by atoms with van der Waals surface area (Å²) >= 11 is 0. The summed E-state index contributed by atoms with van der Waals surface area (Å²) in [5, 5.41) is 14.5. The number of carbonyl (C=O) groups is 1. The SMILES string of the molecule is CCCCC1=N[C@@](C)(C2CCCCC2)C(=O)N1Cc1ccc(-c2ccccc2-c2nn[nH]n2)cc1. The van der Waals surface area contributed by atoms with Crippen LogP contribution in [-0.4, -0.2) is 42.8 Å². The Morgan fingerprint density at radius 2 is 1.77 bits per heavy atom. The van der Waals surface area contributed by atoms with Crippen molar-refractivity contribution in [2.75, 3.05) is 0 Å². The number of nitrogens with zero attached hydrogens (tertiary/aromatic N) is 5. The lowest BCUT2D eigenvalue weighted by molar-refractivity contribution is -0.133. The van der Waals surface area contributed by atoms with Crippen LogP contribution in [0.3, 0.4) is 0 Å². The van der Waals surface area contributed by atoms with Crippen LogP contribution < -0.4 is 0 Å². The molecule has 2 aromatic carbocycles. The topological polar surface area (TPSA) is 87.1 Å². The van der Waals surface area contributed by atoms with Crippen molar-refractivity contribution >= 4 is 11.7 Å². The molecule has 0 saturated heterocycles. The predicted molar refractivity (Wildman–Crippen MR) is 138 cm³/mol. The minimum Gasteiger partial charge on any atom is -0.294 e. The number of amides is 1. The highest BCUT2D eigenvalue weighted by Gasteiger charge is 2.49. The fourth-order valence-electron chi connectivity index (χ4n) is 5.56. The molecule has 3 aromatic rings. The third-order valence-corrected chi connectivity index (χ3v) is 7.62. The summed E-state index contributed by atoms with van der Waals surface area (Å²) in [5.74, 6) is 2.08. The van der Waals surface area contributed by atoms with Crippen LogP contribution in [-0.2, 0) is 11.3 Å². The Bertz CT molecular complexity index is 1180. The number of hydrogen-bond acceptors (Lipinski definition) is 5. The number of amidine groups is 1. The normalized spacial score (nSPS) is 20.9. The highest BCUT2D eigenvalue weighted by atomic mass is 16.2. The van der Waals surface area contributed by atoms with Crippen molar-refractivity contribution in [3.05, 3.63) is 54.1 Å². The van der Waals surface area contributed by atoms with Gasteiger partial charge in [-0.3, -0.25) is 14.7 Å². The lowest BCUT2D eigenvalue weighted by Gasteiger charge is -2.33. The largest absolute Gasteiger partial charge is 0.294 e. The number of aromatic nitrogens is 4. The minimum atomic E-state index is -0.604. The first-order valence-electron chi connectivity index (χ1n) is 12.9. The van der Waals surface area contributed by atoms with E-state index in [0.29, 0.717) is 18.3 Å². The Balaban J connectivity index is 1.38. The van der Waals surface area contributed by atoms with Crippen molar-refractivity contribution in [3.8, 4) is 22.5 Å². The summed E-state index contributed by atoms with van der Waals surface area (Å²) < 4.78 is 0. The average molecular weight is 471 g/mol. The maximum atomic E-state index is 13.8. The number of nitrogens with one attached hydrogen (secondary N) is 1. The third-order valence-electron chi connectivity index (χ3n) is 7.62. The zero-order valence-electron chi connectivity index (χ0n) is 20.7. The highest BCUT2D eigenvalue weighted by Crippen LogP contribution is 2.40. The van der Waals surface area contributed by atoms with Gasteiger partial charge in [-0.2, -0.15) is 5.21 Å². The van der Waals surface area contributed by atoms with Crippen LogP contribution in [0.15, 0.2) is 53.5 Å². The Labute approximate surface area is 207 Å². The number of aliphatic imine (C=N–C) groups is 1. The molecular formula is C28H34N6O. The van der Waals surface area contributed by atoms with E-state index in [1.807, 2.05) is 23.1 Å². The number of H-pyrrole nitrogens is 1. The monoisotopic (exact) mass is 470 g/mol. The molecule has 0 spiro atoms. The lowest BCUT2D eigenvalue weighted by Crippen LogP contribution is -2.45. The van der Waals surface area contributed by atoms with Gasteiger partial charge in [-0.25, -0.2) is 0 Å². The van der Waals surface area contributed by atoms with Crippen LogP contribution in [0.2, 0.25) is 0 Å². The Hall–Kier alpha value is -3.35. The molecule has 1 fully saturated rings. The molecule has 0 unspecified atom stereocenters. The van der Waals surface area contributed by atoms with Gasteiger partial charge in [-0.15, -0.1) is 10.2 Å². The van der Waals surface area contributed by atoms with E-state index in [0.717, 1.165) is 60.2 Å². The maximum absolute atomic E-state index is 13.8. The summed E-state index contributed by atoms with van der Waals surface area (Å²) in [6, 6.07) is 16.5. The van der Waals surface area contributed by atoms with E-state index in [1.165, 1.54) is 19.3 Å². The van der Waals surface area contributed by atoms with Gasteiger partial charge in [-0.05, 0) is 54.0 Å². The van der Waals surface area contributed by atoms with Crippen LogP contribution in [0.4, 0.5) is 0 Å². The fourth-order valence-corrected chi connectivity index (χ4v) is 5.56. The number of unbranched alkanes of at least 4 members (excludes halogenated alkanes) is 1. The summed E-state index contributed by atoms with van der Waals surface area (Å²) in [4.78, 5) is 20.8. The van der Waals surface area contributed by atoms with Gasteiger partial charge in [0.15, 0.2) is 0 Å². The van der Waals surface area contributed by atoms with Crippen LogP contribution in [0.1, 0.15) is 70.8 Å². The standard InChI is InChI=1S/C28H34N6O/c1-3-4-14-25-29-28(2,22-10-6-5-7-11-22)27(35)34(25)19-20-15-17-21(18-16-20)23-12-8-9-13-24(23)26-30-32-33-31-26/h8-9,12-13,15-18,22H,3-7,10-11,14,19H2,1-2H3,(H,30,31,32,33)/t28-/m0/s1. The zero-order valence-corrected chi connectivity index (χ0v) is 20.7. The van der Waals surface area contributed by atoms with Crippen molar-refractivity contribution in [2.45, 2.75) is 77.3 Å². The average Bonchev–Trinajstić information content (AvgIpc) is 3.52. The molecule has 1 aliphatic heterocycles. The second-order valence-electron chi connectivity index (χ2n) is 9.98. The molecule has 35 heavy (non-hydrogen) atoms. The number of tetrazole rings is 1. The minimum absolute atomic E-state index is 0.182. The van der Waals surface area contributed by atoms with Crippen LogP contribution in [0.25, 0.3) is 22.5 Å². The van der Waals surface area contributed by atoms with E-state index < -0.39 is 5.54 Å². The number of carbonyl (C=O) groups excluding carboxylic acids is 1. The van der Waals surface area contributed by atoms with Gasteiger partial charge in [0.2, 0.25) is 5.82 Å². The summed E-state index contributed by atoms with van der Waals surface area (Å²) in [5.41, 5.74) is 3.56. The Kier molecular flexibility index (Phi) is 6.75. The summed E-state index contributed by atoms with van der Waals surface area (Å²) in [6.07, 6.45) is 8.91. The van der Waals surface area contributed by atoms with Gasteiger partial charge in [0.1, 0.15) is 11.4 Å². The smallest absolute Gasteiger partial charge is 0.256 e. The van der Waals surface area contributed by atoms with Gasteiger partial charge in [0.25, 0.3) is 5.91 Å². The summed E-state index contributed by atoms with van der Waals surface area (Å²) in [6.45, 7) is 4.83. The molecule has 2 heterocycles. The molecule has 1 amide bonds. The quantitative estimate of drug-likeness (QED) is 0.450. The molecule has 1 aliphatic carbocycles. The van der Waals surface area contributed by atoms with Gasteiger partial charge < -0.3 is 0 Å². The number of benzene rings is 2. The van der Waals surface area contributed by atoms with Crippen molar-refractivity contribution < 1.29 is 4.79 Å². The Morgan fingerprint density at radius 1 is 1.03 bits per heavy atom. The lowest BCUT2D eigenvalue weighted by atomic mass is 9.75. The zero-order chi connectivity index (χ0) is 24.3. The molecule has 1 saturated carbocycles. The molecule has 1 atom stereocenters. The molecule has 0 radical (unpaired) electrons. The van der Waals surface area contributed by atoms with Crippen LogP contribution in [0, 0.1) is 5.92 Å². The third kappa shape index (κ3) is 4.64. The number of aromatic amines is 1. The van der Waals surface area contributed by atoms with E-state index in [9.17, 15) is 4.79 Å². The summed E-state index contributed by atoms with van der Waals surface area (Å²) in [7, 11) is 0. The molecule has 0 bridgehead atoms. The molecule has 7 nitrogen and oxygen atoms in total. The highest BCUT2D eigenvalue weighted by molar-refractivity contribution is 6.08. The van der Waals surface area contributed by atoms with Crippen molar-refractivity contribution in [1.29, 1.82) is 0 Å². The van der Waals surface area contributed by atoms with Crippen molar-refractivity contribution in [1.82, 2.24) is 25.5 Å². The van der Waals surface area contributed by atoms with Crippen molar-refractivity contribution in [3.63, 3.8) is 0 Å². The van der Waals surface area contributed by atoms with E-state index in [2.05, 4.69) is 64.8 Å². The fraction of sp³-hybridized carbons (Fsp3) is 0.464. The van der Waals surface area contributed by atoms with Gasteiger partial charge in [-0.1, -0.05) is 81.1 Å². The molecule has 7 heteroatoms. The van der Waals surface area contributed by atoms with E-state index >= 15 is 0 Å². The molecule has 1 aromatic heterocycles. The van der Waals surface area contributed by atoms with Gasteiger partial charge in [0, 0.05) is 12.0 Å². The van der Waals surface area contributed by atoms with E-state index in [-0.39, 0.29) is 5.91 Å². The molecular weight excluding hydrogens is 436 g/mol. The van der Waals surface area contributed by atoms with Crippen LogP contribution in [0.5, 0.6) is 0 Å². The number of hydrogen-bond donors (Lipinski definition) is 1. The Morgan fingerprint density at radius 3 is 2.46 bits per heavy atom. The van der Waals surface area contributed by atoms with Gasteiger partial charge >= 0.3 is 0 Å². The van der Waals surface area contributed by atoms with Crippen LogP contribution >= 0.6 is 0 Å². The van der Waals surface area contributed by atoms with E-state index in [4.69, 9.17) is 4.99 Å². The molecule has 1 N–H and O–H groups in total. The molecule has 5 rings (SSSR count). The second-order valence-corrected chi connectivity index (χ2v) is 9.98. The number of rotatable bonds is 8. The van der Waals surface area contributed by atoms with Gasteiger partial charge in [0.05, 0.1) is 6.54 Å². The molecule has 182 valence electrons. The first-order chi connectivity index (χ1) is 17.1.